The van der Waals surface area contributed by atoms with Gasteiger partial charge in [-0.25, -0.2) is 23.3 Å². The molecule has 8 heteroatoms. The van der Waals surface area contributed by atoms with Crippen molar-refractivity contribution in [1.29, 1.82) is 0 Å². The van der Waals surface area contributed by atoms with Crippen molar-refractivity contribution < 1.29 is 17.9 Å². The number of ether oxygens (including phenoxy) is 1. The molecule has 1 fully saturated rings. The molecule has 1 aromatic rings. The van der Waals surface area contributed by atoms with Crippen LogP contribution in [0.2, 0.25) is 0 Å². The van der Waals surface area contributed by atoms with Crippen LogP contribution >= 0.6 is 0 Å². The van der Waals surface area contributed by atoms with Crippen molar-refractivity contribution in [2.24, 2.45) is 11.1 Å². The molecule has 0 bridgehead atoms. The molecule has 28 heavy (non-hydrogen) atoms. The zero-order chi connectivity index (χ0) is 21.2. The average Bonchev–Trinajstić information content (AvgIpc) is 2.84. The molecule has 154 valence electrons. The standard InChI is InChI=1S/C20H29N3O4S/c1-19(2,3)27-18(24)23-14-15(13-20(23,4)5)9-6-7-10-16-11-8-12-17(22-16)28(21,25)26/h8,11-12,15H,6,9,13-14H2,1-5H3,(H2,21,25,26). The molecule has 0 aliphatic carbocycles. The summed E-state index contributed by atoms with van der Waals surface area (Å²) in [7, 11) is -3.84. The van der Waals surface area contributed by atoms with Crippen molar-refractivity contribution in [3.63, 3.8) is 0 Å². The molecule has 2 rings (SSSR count). The van der Waals surface area contributed by atoms with Crippen LogP contribution in [0.4, 0.5) is 4.79 Å². The highest BCUT2D eigenvalue weighted by molar-refractivity contribution is 7.89. The van der Waals surface area contributed by atoms with Crippen LogP contribution in [-0.2, 0) is 14.8 Å². The maximum Gasteiger partial charge on any atom is 0.410 e. The lowest BCUT2D eigenvalue weighted by Crippen LogP contribution is -2.45. The van der Waals surface area contributed by atoms with Crippen LogP contribution < -0.4 is 5.14 Å². The first-order valence-electron chi connectivity index (χ1n) is 9.27. The monoisotopic (exact) mass is 407 g/mol. The minimum absolute atomic E-state index is 0.190. The van der Waals surface area contributed by atoms with Gasteiger partial charge in [-0.15, -0.1) is 0 Å². The number of aromatic nitrogens is 1. The van der Waals surface area contributed by atoms with Gasteiger partial charge in [-0.3, -0.25) is 0 Å². The van der Waals surface area contributed by atoms with Gasteiger partial charge in [0.25, 0.3) is 10.0 Å². The van der Waals surface area contributed by atoms with Crippen molar-refractivity contribution in [3.8, 4) is 11.8 Å². The number of carbonyl (C=O) groups excluding carboxylic acids is 1. The maximum absolute atomic E-state index is 12.5. The molecule has 1 aliphatic heterocycles. The van der Waals surface area contributed by atoms with Crippen molar-refractivity contribution in [3.05, 3.63) is 23.9 Å². The lowest BCUT2D eigenvalue weighted by Gasteiger charge is -2.33. The number of rotatable bonds is 3. The molecule has 0 spiro atoms. The Balaban J connectivity index is 1.95. The number of hydrogen-bond donors (Lipinski definition) is 1. The molecular formula is C20H29N3O4S. The Morgan fingerprint density at radius 2 is 2.07 bits per heavy atom. The topological polar surface area (TPSA) is 103 Å². The second-order valence-corrected chi connectivity index (χ2v) is 10.2. The van der Waals surface area contributed by atoms with Crippen LogP contribution in [0, 0.1) is 17.8 Å². The smallest absolute Gasteiger partial charge is 0.410 e. The summed E-state index contributed by atoms with van der Waals surface area (Å²) in [6.45, 7) is 10.3. The van der Waals surface area contributed by atoms with Gasteiger partial charge in [0.1, 0.15) is 11.3 Å². The summed E-state index contributed by atoms with van der Waals surface area (Å²) in [6, 6.07) is 4.55. The number of sulfonamides is 1. The zero-order valence-corrected chi connectivity index (χ0v) is 18.0. The van der Waals surface area contributed by atoms with Gasteiger partial charge in [-0.05, 0) is 71.4 Å². The van der Waals surface area contributed by atoms with E-state index in [4.69, 9.17) is 9.88 Å². The Labute approximate surface area is 167 Å². The van der Waals surface area contributed by atoms with Crippen molar-refractivity contribution >= 4 is 16.1 Å². The van der Waals surface area contributed by atoms with E-state index < -0.39 is 15.6 Å². The summed E-state index contributed by atoms with van der Waals surface area (Å²) in [4.78, 5) is 18.2. The predicted molar refractivity (Wildman–Crippen MR) is 107 cm³/mol. The van der Waals surface area contributed by atoms with E-state index in [1.165, 1.54) is 6.07 Å². The lowest BCUT2D eigenvalue weighted by molar-refractivity contribution is 0.0131. The van der Waals surface area contributed by atoms with E-state index in [0.29, 0.717) is 24.6 Å². The lowest BCUT2D eigenvalue weighted by atomic mass is 9.93. The second-order valence-electron chi connectivity index (χ2n) is 8.72. The fraction of sp³-hybridized carbons (Fsp3) is 0.600. The molecule has 7 nitrogen and oxygen atoms in total. The number of amides is 1. The third kappa shape index (κ3) is 6.21. The van der Waals surface area contributed by atoms with Crippen LogP contribution in [0.3, 0.4) is 0 Å². The maximum atomic E-state index is 12.5. The highest BCUT2D eigenvalue weighted by Gasteiger charge is 2.42. The largest absolute Gasteiger partial charge is 0.444 e. The Kier molecular flexibility index (Phi) is 6.41. The molecule has 1 amide bonds. The molecule has 2 heterocycles. The van der Waals surface area contributed by atoms with Gasteiger partial charge in [0.15, 0.2) is 5.03 Å². The Morgan fingerprint density at radius 1 is 1.39 bits per heavy atom. The van der Waals surface area contributed by atoms with Crippen LogP contribution in [-0.4, -0.2) is 42.1 Å². The number of likely N-dealkylation sites (tertiary alicyclic amines) is 1. The normalized spacial score (nSPS) is 19.1. The van der Waals surface area contributed by atoms with Crippen molar-refractivity contribution in [1.82, 2.24) is 9.88 Å². The minimum atomic E-state index is -3.84. The molecule has 0 aromatic carbocycles. The quantitative estimate of drug-likeness (QED) is 0.776. The molecule has 1 atom stereocenters. The first-order chi connectivity index (χ1) is 12.8. The Bertz CT molecular complexity index is 892. The summed E-state index contributed by atoms with van der Waals surface area (Å²) >= 11 is 0. The number of hydrogen-bond acceptors (Lipinski definition) is 5. The number of nitrogens with zero attached hydrogens (tertiary/aromatic N) is 2. The number of carbonyl (C=O) groups is 1. The predicted octanol–water partition coefficient (Wildman–Crippen LogP) is 2.90. The van der Waals surface area contributed by atoms with Crippen LogP contribution in [0.1, 0.15) is 59.6 Å². The number of nitrogens with two attached hydrogens (primary N) is 1. The average molecular weight is 408 g/mol. The SMILES string of the molecule is CC(C)(C)OC(=O)N1CC(CCC#Cc2cccc(S(N)(=O)=O)n2)CC1(C)C. The van der Waals surface area contributed by atoms with Gasteiger partial charge in [-0.2, -0.15) is 0 Å². The second kappa shape index (κ2) is 8.10. The third-order valence-electron chi connectivity index (χ3n) is 4.48. The molecule has 1 saturated heterocycles. The highest BCUT2D eigenvalue weighted by Crippen LogP contribution is 2.35. The summed E-state index contributed by atoms with van der Waals surface area (Å²) in [5.74, 6) is 6.25. The highest BCUT2D eigenvalue weighted by atomic mass is 32.2. The molecular weight excluding hydrogens is 378 g/mol. The number of primary sulfonamides is 1. The zero-order valence-electron chi connectivity index (χ0n) is 17.2. The number of pyridine rings is 1. The fourth-order valence-electron chi connectivity index (χ4n) is 3.29. The van der Waals surface area contributed by atoms with E-state index in [2.05, 4.69) is 16.8 Å². The van der Waals surface area contributed by atoms with Gasteiger partial charge in [-0.1, -0.05) is 12.0 Å². The van der Waals surface area contributed by atoms with Crippen molar-refractivity contribution in [2.45, 2.75) is 70.0 Å². The van der Waals surface area contributed by atoms with E-state index in [-0.39, 0.29) is 16.7 Å². The van der Waals surface area contributed by atoms with E-state index >= 15 is 0 Å². The third-order valence-corrected chi connectivity index (χ3v) is 5.29. The van der Waals surface area contributed by atoms with Crippen LogP contribution in [0.5, 0.6) is 0 Å². The fourth-order valence-corrected chi connectivity index (χ4v) is 3.78. The summed E-state index contributed by atoms with van der Waals surface area (Å²) in [6.07, 6.45) is 2.07. The Morgan fingerprint density at radius 3 is 2.68 bits per heavy atom. The van der Waals surface area contributed by atoms with Gasteiger partial charge in [0.05, 0.1) is 0 Å². The summed E-state index contributed by atoms with van der Waals surface area (Å²) in [5.41, 5.74) is -0.408. The van der Waals surface area contributed by atoms with Gasteiger partial charge in [0, 0.05) is 18.5 Å². The van der Waals surface area contributed by atoms with E-state index in [1.807, 2.05) is 34.6 Å². The van der Waals surface area contributed by atoms with Gasteiger partial charge in [0.2, 0.25) is 0 Å². The summed E-state index contributed by atoms with van der Waals surface area (Å²) < 4.78 is 28.2. The molecule has 1 aliphatic rings. The first kappa shape index (κ1) is 22.2. The Hall–Kier alpha value is -2.11. The molecule has 2 N–H and O–H groups in total. The van der Waals surface area contributed by atoms with E-state index in [9.17, 15) is 13.2 Å². The van der Waals surface area contributed by atoms with E-state index in [1.54, 1.807) is 17.0 Å². The first-order valence-corrected chi connectivity index (χ1v) is 10.8. The van der Waals surface area contributed by atoms with Gasteiger partial charge >= 0.3 is 6.09 Å². The minimum Gasteiger partial charge on any atom is -0.444 e. The van der Waals surface area contributed by atoms with Gasteiger partial charge < -0.3 is 9.64 Å². The van der Waals surface area contributed by atoms with Crippen LogP contribution in [0.25, 0.3) is 0 Å². The van der Waals surface area contributed by atoms with Crippen LogP contribution in [0.15, 0.2) is 23.2 Å². The summed E-state index contributed by atoms with van der Waals surface area (Å²) in [5, 5.41) is 4.89. The molecule has 0 saturated carbocycles. The molecule has 0 radical (unpaired) electrons. The molecule has 1 aromatic heterocycles. The van der Waals surface area contributed by atoms with E-state index in [0.717, 1.165) is 12.8 Å². The van der Waals surface area contributed by atoms with Crippen molar-refractivity contribution in [2.75, 3.05) is 6.54 Å². The molecule has 1 unspecified atom stereocenters.